The van der Waals surface area contributed by atoms with Crippen LogP contribution in [0.25, 0.3) is 0 Å². The van der Waals surface area contributed by atoms with E-state index in [-0.39, 0.29) is 11.5 Å². The lowest BCUT2D eigenvalue weighted by Crippen LogP contribution is -2.26. The predicted molar refractivity (Wildman–Crippen MR) is 121 cm³/mol. The molecule has 4 heteroatoms. The number of anilines is 1. The first-order valence-electron chi connectivity index (χ1n) is 11.3. The van der Waals surface area contributed by atoms with Crippen molar-refractivity contribution >= 4 is 11.6 Å². The number of amides is 1. The number of rotatable bonds is 4. The fourth-order valence-electron chi connectivity index (χ4n) is 4.24. The number of hydrogen-bond donors (Lipinski definition) is 2. The molecule has 0 heterocycles. The van der Waals surface area contributed by atoms with Crippen LogP contribution in [-0.2, 0) is 4.79 Å². The van der Waals surface area contributed by atoms with E-state index in [2.05, 4.69) is 16.7 Å². The molecule has 0 aromatic heterocycles. The van der Waals surface area contributed by atoms with Gasteiger partial charge >= 0.3 is 0 Å². The third kappa shape index (κ3) is 7.93. The molecule has 1 aliphatic carbocycles. The van der Waals surface area contributed by atoms with Gasteiger partial charge in [-0.1, -0.05) is 75.5 Å². The van der Waals surface area contributed by atoms with Crippen molar-refractivity contribution in [1.82, 2.24) is 5.32 Å². The Kier molecular flexibility index (Phi) is 9.77. The molecule has 0 unspecified atom stereocenters. The maximum absolute atomic E-state index is 12.7. The molecule has 0 spiro atoms. The number of nitriles is 1. The zero-order valence-corrected chi connectivity index (χ0v) is 18.4. The van der Waals surface area contributed by atoms with Gasteiger partial charge in [-0.05, 0) is 44.7 Å². The van der Waals surface area contributed by atoms with E-state index in [1.165, 1.54) is 63.4 Å². The van der Waals surface area contributed by atoms with Crippen molar-refractivity contribution in [2.24, 2.45) is 0 Å². The van der Waals surface area contributed by atoms with Crippen LogP contribution in [0.2, 0.25) is 0 Å². The highest BCUT2D eigenvalue weighted by Crippen LogP contribution is 2.22. The van der Waals surface area contributed by atoms with Crippen molar-refractivity contribution in [1.29, 1.82) is 5.26 Å². The van der Waals surface area contributed by atoms with E-state index in [9.17, 15) is 10.1 Å². The molecule has 1 amide bonds. The van der Waals surface area contributed by atoms with Crippen molar-refractivity contribution in [2.45, 2.75) is 97.4 Å². The largest absolute Gasteiger partial charge is 0.387 e. The lowest BCUT2D eigenvalue weighted by atomic mass is 9.98. The molecule has 0 saturated heterocycles. The van der Waals surface area contributed by atoms with Gasteiger partial charge in [-0.3, -0.25) is 4.79 Å². The number of nitrogens with one attached hydrogen (secondary N) is 2. The smallest absolute Gasteiger partial charge is 0.267 e. The Morgan fingerprint density at radius 2 is 1.41 bits per heavy atom. The second-order valence-electron chi connectivity index (χ2n) is 8.52. The highest BCUT2D eigenvalue weighted by atomic mass is 16.1. The van der Waals surface area contributed by atoms with Crippen LogP contribution in [0.1, 0.15) is 87.3 Å². The van der Waals surface area contributed by atoms with E-state index >= 15 is 0 Å². The van der Waals surface area contributed by atoms with Crippen LogP contribution < -0.4 is 10.6 Å². The van der Waals surface area contributed by atoms with Gasteiger partial charge in [0.25, 0.3) is 5.91 Å². The van der Waals surface area contributed by atoms with E-state index in [1.54, 1.807) is 6.20 Å². The third-order valence-corrected chi connectivity index (χ3v) is 5.85. The minimum absolute atomic E-state index is 0.135. The second kappa shape index (κ2) is 12.3. The Morgan fingerprint density at radius 3 is 1.90 bits per heavy atom. The first kappa shape index (κ1) is 23.0. The zero-order chi connectivity index (χ0) is 21.1. The van der Waals surface area contributed by atoms with E-state index in [0.29, 0.717) is 6.04 Å². The van der Waals surface area contributed by atoms with Gasteiger partial charge in [0.05, 0.1) is 0 Å². The highest BCUT2D eigenvalue weighted by molar-refractivity contribution is 6.07. The lowest BCUT2D eigenvalue weighted by molar-refractivity contribution is -0.112. The summed E-state index contributed by atoms with van der Waals surface area (Å²) in [5, 5.41) is 15.8. The molecule has 0 bridgehead atoms. The summed E-state index contributed by atoms with van der Waals surface area (Å²) in [5.41, 5.74) is 4.13. The molecule has 2 N–H and O–H groups in total. The summed E-state index contributed by atoms with van der Waals surface area (Å²) in [6.45, 7) is 6.00. The minimum atomic E-state index is -0.344. The maximum atomic E-state index is 12.7. The number of carbonyl (C=O) groups is 1. The van der Waals surface area contributed by atoms with Crippen molar-refractivity contribution in [3.63, 3.8) is 0 Å². The minimum Gasteiger partial charge on any atom is -0.387 e. The van der Waals surface area contributed by atoms with Crippen LogP contribution in [0, 0.1) is 32.1 Å². The lowest BCUT2D eigenvalue weighted by Gasteiger charge is -2.19. The first-order chi connectivity index (χ1) is 14.0. The Morgan fingerprint density at radius 1 is 0.931 bits per heavy atom. The monoisotopic (exact) mass is 395 g/mol. The average Bonchev–Trinajstić information content (AvgIpc) is 2.66. The summed E-state index contributed by atoms with van der Waals surface area (Å²) in [5.74, 6) is -0.344. The number of carbonyl (C=O) groups excluding carboxylic acids is 1. The van der Waals surface area contributed by atoms with Crippen LogP contribution in [0.5, 0.6) is 0 Å². The van der Waals surface area contributed by atoms with Gasteiger partial charge < -0.3 is 10.6 Å². The van der Waals surface area contributed by atoms with Crippen LogP contribution in [0.15, 0.2) is 23.9 Å². The highest BCUT2D eigenvalue weighted by Gasteiger charge is 2.14. The van der Waals surface area contributed by atoms with Crippen LogP contribution >= 0.6 is 0 Å². The summed E-state index contributed by atoms with van der Waals surface area (Å²) in [7, 11) is 0. The standard InChI is InChI=1S/C25H37N3O/c1-19-15-20(2)24(21(3)16-19)28-25(29)22(17-26)18-27-23-13-11-9-7-5-4-6-8-10-12-14-23/h15-16,18,23,27H,4-14H2,1-3H3,(H,28,29)/b22-18-. The van der Waals surface area contributed by atoms with Crippen molar-refractivity contribution in [3.8, 4) is 6.07 Å². The molecule has 1 aromatic rings. The number of benzene rings is 1. The van der Waals surface area contributed by atoms with Crippen LogP contribution in [0.4, 0.5) is 5.69 Å². The van der Waals surface area contributed by atoms with Crippen molar-refractivity contribution in [2.75, 3.05) is 5.32 Å². The molecular weight excluding hydrogens is 358 g/mol. The molecule has 29 heavy (non-hydrogen) atoms. The molecule has 1 aliphatic rings. The molecule has 1 aromatic carbocycles. The molecule has 158 valence electrons. The maximum Gasteiger partial charge on any atom is 0.267 e. The summed E-state index contributed by atoms with van der Waals surface area (Å²) in [6.07, 6.45) is 15.5. The van der Waals surface area contributed by atoms with Crippen LogP contribution in [-0.4, -0.2) is 11.9 Å². The van der Waals surface area contributed by atoms with Gasteiger partial charge in [0, 0.05) is 17.9 Å². The van der Waals surface area contributed by atoms with E-state index in [1.807, 2.05) is 32.9 Å². The van der Waals surface area contributed by atoms with Crippen LogP contribution in [0.3, 0.4) is 0 Å². The summed E-state index contributed by atoms with van der Waals surface area (Å²) < 4.78 is 0. The quantitative estimate of drug-likeness (QED) is 0.470. The first-order valence-corrected chi connectivity index (χ1v) is 11.3. The Balaban J connectivity index is 1.99. The molecule has 1 saturated carbocycles. The fraction of sp³-hybridized carbons (Fsp3) is 0.600. The Labute approximate surface area is 176 Å². The van der Waals surface area contributed by atoms with Gasteiger partial charge in [-0.25, -0.2) is 0 Å². The number of hydrogen-bond acceptors (Lipinski definition) is 3. The third-order valence-electron chi connectivity index (χ3n) is 5.85. The topological polar surface area (TPSA) is 64.9 Å². The van der Waals surface area contributed by atoms with E-state index in [0.717, 1.165) is 29.7 Å². The normalized spacial score (nSPS) is 17.5. The van der Waals surface area contributed by atoms with Gasteiger partial charge in [0.2, 0.25) is 0 Å². The predicted octanol–water partition coefficient (Wildman–Crippen LogP) is 6.22. The Hall–Kier alpha value is -2.28. The summed E-state index contributed by atoms with van der Waals surface area (Å²) in [6, 6.07) is 6.49. The van der Waals surface area contributed by atoms with Crippen molar-refractivity contribution < 1.29 is 4.79 Å². The molecule has 0 atom stereocenters. The molecule has 2 rings (SSSR count). The van der Waals surface area contributed by atoms with Gasteiger partial charge in [0.1, 0.15) is 11.6 Å². The van der Waals surface area contributed by atoms with Gasteiger partial charge in [0.15, 0.2) is 0 Å². The summed E-state index contributed by atoms with van der Waals surface area (Å²) in [4.78, 5) is 12.7. The van der Waals surface area contributed by atoms with E-state index in [4.69, 9.17) is 0 Å². The SMILES string of the molecule is Cc1cc(C)c(NC(=O)/C(C#N)=C\NC2CCCCCCCCCCC2)c(C)c1. The summed E-state index contributed by atoms with van der Waals surface area (Å²) >= 11 is 0. The number of nitrogens with zero attached hydrogens (tertiary/aromatic N) is 1. The number of aryl methyl sites for hydroxylation is 3. The molecule has 4 nitrogen and oxygen atoms in total. The van der Waals surface area contributed by atoms with Crippen molar-refractivity contribution in [3.05, 3.63) is 40.6 Å². The fourth-order valence-corrected chi connectivity index (χ4v) is 4.24. The molecular formula is C25H37N3O. The zero-order valence-electron chi connectivity index (χ0n) is 18.4. The molecule has 0 aliphatic heterocycles. The van der Waals surface area contributed by atoms with Gasteiger partial charge in [-0.15, -0.1) is 0 Å². The van der Waals surface area contributed by atoms with E-state index < -0.39 is 0 Å². The average molecular weight is 396 g/mol. The molecule has 0 radical (unpaired) electrons. The van der Waals surface area contributed by atoms with Gasteiger partial charge in [-0.2, -0.15) is 5.26 Å². The second-order valence-corrected chi connectivity index (χ2v) is 8.52. The molecule has 1 fully saturated rings. The Bertz CT molecular complexity index is 710.